The molecule has 1 atom stereocenters. The van der Waals surface area contributed by atoms with Gasteiger partial charge in [-0.25, -0.2) is 0 Å². The van der Waals surface area contributed by atoms with E-state index in [1.54, 1.807) is 0 Å². The highest BCUT2D eigenvalue weighted by Crippen LogP contribution is 2.36. The number of rotatable bonds is 4. The van der Waals surface area contributed by atoms with E-state index in [-0.39, 0.29) is 22.4 Å². The fourth-order valence-electron chi connectivity index (χ4n) is 1.73. The van der Waals surface area contributed by atoms with Crippen LogP contribution in [0.1, 0.15) is 16.8 Å². The van der Waals surface area contributed by atoms with Crippen LogP contribution in [0.5, 0.6) is 5.75 Å². The van der Waals surface area contributed by atoms with E-state index in [0.29, 0.717) is 19.6 Å². The normalized spacial score (nSPS) is 18.3. The average molecular weight is 287 g/mol. The molecule has 2 N–H and O–H groups in total. The van der Waals surface area contributed by atoms with Crippen LogP contribution in [0.15, 0.2) is 12.1 Å². The molecule has 0 saturated carbocycles. The van der Waals surface area contributed by atoms with Gasteiger partial charge < -0.3 is 15.2 Å². The zero-order valence-electron chi connectivity index (χ0n) is 9.80. The van der Waals surface area contributed by atoms with E-state index in [4.69, 9.17) is 26.8 Å². The maximum absolute atomic E-state index is 11.2. The van der Waals surface area contributed by atoms with Crippen molar-refractivity contribution in [2.45, 2.75) is 12.5 Å². The van der Waals surface area contributed by atoms with E-state index in [0.717, 1.165) is 6.07 Å². The average Bonchev–Trinajstić information content (AvgIpc) is 2.83. The molecule has 102 valence electrons. The van der Waals surface area contributed by atoms with E-state index in [9.17, 15) is 14.9 Å². The van der Waals surface area contributed by atoms with Crippen molar-refractivity contribution >= 4 is 23.2 Å². The van der Waals surface area contributed by atoms with Gasteiger partial charge in [-0.1, -0.05) is 11.6 Å². The van der Waals surface area contributed by atoms with Crippen LogP contribution in [0.4, 0.5) is 5.69 Å². The molecular formula is C11H11ClN2O5. The molecule has 8 heteroatoms. The summed E-state index contributed by atoms with van der Waals surface area (Å²) >= 11 is 5.90. The third kappa shape index (κ3) is 2.94. The van der Waals surface area contributed by atoms with Crippen LogP contribution in [-0.4, -0.2) is 30.1 Å². The number of nitrogens with two attached hydrogens (primary N) is 1. The van der Waals surface area contributed by atoms with Gasteiger partial charge in [-0.2, -0.15) is 0 Å². The lowest BCUT2D eigenvalue weighted by atomic mass is 10.1. The highest BCUT2D eigenvalue weighted by Gasteiger charge is 2.24. The molecule has 1 fully saturated rings. The third-order valence-corrected chi connectivity index (χ3v) is 3.06. The smallest absolute Gasteiger partial charge is 0.292 e. The van der Waals surface area contributed by atoms with Crippen LogP contribution in [0, 0.1) is 10.1 Å². The van der Waals surface area contributed by atoms with E-state index in [1.165, 1.54) is 6.07 Å². The van der Waals surface area contributed by atoms with Gasteiger partial charge in [0.15, 0.2) is 5.02 Å². The maximum Gasteiger partial charge on any atom is 0.292 e. The Hall–Kier alpha value is -1.86. The molecule has 0 aromatic heterocycles. The first kappa shape index (κ1) is 13.6. The first-order valence-corrected chi connectivity index (χ1v) is 5.89. The van der Waals surface area contributed by atoms with Gasteiger partial charge in [0.05, 0.1) is 18.1 Å². The first-order chi connectivity index (χ1) is 8.99. The van der Waals surface area contributed by atoms with Crippen LogP contribution in [0.25, 0.3) is 0 Å². The number of nitro benzene ring substituents is 1. The summed E-state index contributed by atoms with van der Waals surface area (Å²) in [7, 11) is 0. The number of primary amides is 1. The van der Waals surface area contributed by atoms with Crippen LogP contribution in [0.2, 0.25) is 5.02 Å². The molecule has 1 aliphatic heterocycles. The number of amides is 1. The Morgan fingerprint density at radius 3 is 2.84 bits per heavy atom. The largest absolute Gasteiger partial charge is 0.486 e. The number of benzene rings is 1. The van der Waals surface area contributed by atoms with Gasteiger partial charge in [0, 0.05) is 18.1 Å². The summed E-state index contributed by atoms with van der Waals surface area (Å²) in [6, 6.07) is 2.33. The third-order valence-electron chi connectivity index (χ3n) is 2.68. The van der Waals surface area contributed by atoms with E-state index in [2.05, 4.69) is 0 Å². The fraction of sp³-hybridized carbons (Fsp3) is 0.364. The molecule has 7 nitrogen and oxygen atoms in total. The fourth-order valence-corrected chi connectivity index (χ4v) is 1.95. The van der Waals surface area contributed by atoms with Gasteiger partial charge in [0.25, 0.3) is 5.69 Å². The van der Waals surface area contributed by atoms with Crippen LogP contribution in [0.3, 0.4) is 0 Å². The quantitative estimate of drug-likeness (QED) is 0.667. The lowest BCUT2D eigenvalue weighted by molar-refractivity contribution is -0.384. The Balaban J connectivity index is 2.39. The Labute approximate surface area is 113 Å². The zero-order chi connectivity index (χ0) is 14.0. The molecule has 0 radical (unpaired) electrons. The SMILES string of the molecule is NC(=O)c1cc(O[C@@H]2CCOC2)c(Cl)c([N+](=O)[O-])c1. The molecular weight excluding hydrogens is 276 g/mol. The van der Waals surface area contributed by atoms with Crippen LogP contribution < -0.4 is 10.5 Å². The molecule has 19 heavy (non-hydrogen) atoms. The zero-order valence-corrected chi connectivity index (χ0v) is 10.6. The van der Waals surface area contributed by atoms with Gasteiger partial charge in [0.2, 0.25) is 5.91 Å². The number of carbonyl (C=O) groups excluding carboxylic acids is 1. The van der Waals surface area contributed by atoms with Gasteiger partial charge in [-0.05, 0) is 6.07 Å². The molecule has 1 aromatic carbocycles. The molecule has 2 rings (SSSR count). The molecule has 0 bridgehead atoms. The summed E-state index contributed by atoms with van der Waals surface area (Å²) in [6.45, 7) is 0.935. The second kappa shape index (κ2) is 5.41. The van der Waals surface area contributed by atoms with Crippen molar-refractivity contribution in [1.29, 1.82) is 0 Å². The van der Waals surface area contributed by atoms with Gasteiger partial charge in [-0.3, -0.25) is 14.9 Å². The summed E-state index contributed by atoms with van der Waals surface area (Å²) in [5.74, 6) is -0.715. The van der Waals surface area contributed by atoms with E-state index in [1.807, 2.05) is 0 Å². The van der Waals surface area contributed by atoms with Gasteiger partial charge in [-0.15, -0.1) is 0 Å². The summed E-state index contributed by atoms with van der Waals surface area (Å²) in [4.78, 5) is 21.3. The number of nitro groups is 1. The van der Waals surface area contributed by atoms with Gasteiger partial charge >= 0.3 is 0 Å². The van der Waals surface area contributed by atoms with Crippen molar-refractivity contribution in [1.82, 2.24) is 0 Å². The Morgan fingerprint density at radius 2 is 2.32 bits per heavy atom. The van der Waals surface area contributed by atoms with Crippen molar-refractivity contribution in [2.24, 2.45) is 5.73 Å². The van der Waals surface area contributed by atoms with Crippen molar-refractivity contribution in [3.8, 4) is 5.75 Å². The minimum atomic E-state index is -0.785. The molecule has 1 amide bonds. The second-order valence-electron chi connectivity index (χ2n) is 4.03. The first-order valence-electron chi connectivity index (χ1n) is 5.51. The number of carbonyl (C=O) groups is 1. The summed E-state index contributed by atoms with van der Waals surface area (Å²) in [5.41, 5.74) is 4.69. The number of hydrogen-bond acceptors (Lipinski definition) is 5. The predicted molar refractivity (Wildman–Crippen MR) is 66.5 cm³/mol. The minimum Gasteiger partial charge on any atom is -0.486 e. The lowest BCUT2D eigenvalue weighted by Gasteiger charge is -2.13. The van der Waals surface area contributed by atoms with Crippen LogP contribution >= 0.6 is 11.6 Å². The maximum atomic E-state index is 11.2. The Morgan fingerprint density at radius 1 is 1.58 bits per heavy atom. The highest BCUT2D eigenvalue weighted by molar-refractivity contribution is 6.34. The Kier molecular flexibility index (Phi) is 3.87. The molecule has 1 heterocycles. The molecule has 1 aromatic rings. The highest BCUT2D eigenvalue weighted by atomic mass is 35.5. The molecule has 0 spiro atoms. The number of ether oxygens (including phenoxy) is 2. The van der Waals surface area contributed by atoms with Crippen molar-refractivity contribution in [3.63, 3.8) is 0 Å². The van der Waals surface area contributed by atoms with Crippen LogP contribution in [-0.2, 0) is 4.74 Å². The van der Waals surface area contributed by atoms with E-state index >= 15 is 0 Å². The van der Waals surface area contributed by atoms with Crippen molar-refractivity contribution in [2.75, 3.05) is 13.2 Å². The van der Waals surface area contributed by atoms with Crippen molar-refractivity contribution < 1.29 is 19.2 Å². The molecule has 1 saturated heterocycles. The summed E-state index contributed by atoms with van der Waals surface area (Å²) < 4.78 is 10.6. The number of halogens is 1. The molecule has 0 unspecified atom stereocenters. The number of nitrogens with zero attached hydrogens (tertiary/aromatic N) is 1. The Bertz CT molecular complexity index is 528. The predicted octanol–water partition coefficient (Wildman–Crippen LogP) is 1.51. The monoisotopic (exact) mass is 286 g/mol. The minimum absolute atomic E-state index is 0.0231. The molecule has 1 aliphatic rings. The summed E-state index contributed by atoms with van der Waals surface area (Å²) in [5, 5.41) is 10.7. The second-order valence-corrected chi connectivity index (χ2v) is 4.41. The molecule has 0 aliphatic carbocycles. The standard InChI is InChI=1S/C11H11ClN2O5/c12-10-8(14(16)17)3-6(11(13)15)4-9(10)19-7-1-2-18-5-7/h3-4,7H,1-2,5H2,(H2,13,15)/t7-/m1/s1. The topological polar surface area (TPSA) is 105 Å². The number of hydrogen-bond donors (Lipinski definition) is 1. The summed E-state index contributed by atoms with van der Waals surface area (Å²) in [6.07, 6.45) is 0.422. The van der Waals surface area contributed by atoms with Crippen molar-refractivity contribution in [3.05, 3.63) is 32.8 Å². The lowest BCUT2D eigenvalue weighted by Crippen LogP contribution is -2.17. The van der Waals surface area contributed by atoms with Gasteiger partial charge in [0.1, 0.15) is 11.9 Å². The van der Waals surface area contributed by atoms with E-state index < -0.39 is 16.5 Å².